The van der Waals surface area contributed by atoms with Crippen LogP contribution in [0.4, 0.5) is 13.2 Å². The third-order valence-corrected chi connectivity index (χ3v) is 5.60. The van der Waals surface area contributed by atoms with Crippen LogP contribution in [-0.2, 0) is 23.0 Å². The number of halogens is 6. The first-order chi connectivity index (χ1) is 14.9. The lowest BCUT2D eigenvalue weighted by atomic mass is 10.2. The van der Waals surface area contributed by atoms with Crippen molar-refractivity contribution in [3.05, 3.63) is 80.9 Å². The van der Waals surface area contributed by atoms with E-state index < -0.39 is 27.1 Å². The minimum absolute atomic E-state index is 0.142. The number of benzene rings is 2. The standard InChI is InChI=1S/C19H12Cl3F3N2O4S/c20-13-6-5-11(14(21)8-13)9-27-32(28,29)31-17-4-2-1-3-16(17)30-18-15(22)7-12(10-26-18)19(23,24)25/h1-8,10,27H,9H2. The van der Waals surface area contributed by atoms with Gasteiger partial charge in [-0.05, 0) is 35.9 Å². The van der Waals surface area contributed by atoms with E-state index in [9.17, 15) is 21.6 Å². The summed E-state index contributed by atoms with van der Waals surface area (Å²) in [4.78, 5) is 3.55. The lowest BCUT2D eigenvalue weighted by Gasteiger charge is -2.14. The highest BCUT2D eigenvalue weighted by molar-refractivity contribution is 7.85. The molecule has 0 aliphatic carbocycles. The summed E-state index contributed by atoms with van der Waals surface area (Å²) >= 11 is 17.7. The Morgan fingerprint density at radius 1 is 0.969 bits per heavy atom. The molecule has 0 unspecified atom stereocenters. The molecule has 32 heavy (non-hydrogen) atoms. The Labute approximate surface area is 196 Å². The number of alkyl halides is 3. The lowest BCUT2D eigenvalue weighted by molar-refractivity contribution is -0.137. The van der Waals surface area contributed by atoms with E-state index in [-0.39, 0.29) is 28.9 Å². The summed E-state index contributed by atoms with van der Waals surface area (Å²) in [6.45, 7) is -0.187. The zero-order valence-electron chi connectivity index (χ0n) is 15.7. The van der Waals surface area contributed by atoms with E-state index in [1.165, 1.54) is 30.3 Å². The van der Waals surface area contributed by atoms with Gasteiger partial charge in [0, 0.05) is 22.8 Å². The van der Waals surface area contributed by atoms with Gasteiger partial charge in [0.2, 0.25) is 5.88 Å². The summed E-state index contributed by atoms with van der Waals surface area (Å²) in [6.07, 6.45) is -4.10. The van der Waals surface area contributed by atoms with Gasteiger partial charge in [-0.1, -0.05) is 53.0 Å². The Balaban J connectivity index is 1.76. The molecule has 0 atom stereocenters. The number of ether oxygens (including phenoxy) is 1. The van der Waals surface area contributed by atoms with Crippen molar-refractivity contribution < 1.29 is 30.5 Å². The van der Waals surface area contributed by atoms with Gasteiger partial charge in [-0.2, -0.15) is 26.3 Å². The van der Waals surface area contributed by atoms with E-state index in [4.69, 9.17) is 43.7 Å². The maximum absolute atomic E-state index is 12.8. The van der Waals surface area contributed by atoms with Gasteiger partial charge in [-0.25, -0.2) is 4.98 Å². The van der Waals surface area contributed by atoms with Crippen LogP contribution in [0.3, 0.4) is 0 Å². The normalized spacial score (nSPS) is 11.9. The summed E-state index contributed by atoms with van der Waals surface area (Å²) < 4.78 is 75.6. The Morgan fingerprint density at radius 2 is 1.66 bits per heavy atom. The van der Waals surface area contributed by atoms with Gasteiger partial charge in [-0.3, -0.25) is 0 Å². The lowest BCUT2D eigenvalue weighted by Crippen LogP contribution is -2.28. The first-order valence-electron chi connectivity index (χ1n) is 8.57. The van der Waals surface area contributed by atoms with Crippen molar-refractivity contribution in [2.75, 3.05) is 0 Å². The number of pyridine rings is 1. The molecule has 0 spiro atoms. The van der Waals surface area contributed by atoms with Gasteiger partial charge in [-0.15, -0.1) is 0 Å². The van der Waals surface area contributed by atoms with Gasteiger partial charge in [0.1, 0.15) is 5.02 Å². The van der Waals surface area contributed by atoms with Crippen molar-refractivity contribution >= 4 is 45.1 Å². The maximum Gasteiger partial charge on any atom is 0.417 e. The summed E-state index contributed by atoms with van der Waals surface area (Å²) in [5.41, 5.74) is -0.611. The highest BCUT2D eigenvalue weighted by Gasteiger charge is 2.32. The average molecular weight is 528 g/mol. The van der Waals surface area contributed by atoms with Crippen LogP contribution in [0.2, 0.25) is 15.1 Å². The predicted molar refractivity (Wildman–Crippen MR) is 114 cm³/mol. The molecular formula is C19H12Cl3F3N2O4S. The quantitative estimate of drug-likeness (QED) is 0.392. The molecule has 0 amide bonds. The largest absolute Gasteiger partial charge is 0.434 e. The van der Waals surface area contributed by atoms with Crippen LogP contribution in [0.1, 0.15) is 11.1 Å². The SMILES string of the molecule is O=S(=O)(NCc1ccc(Cl)cc1Cl)Oc1ccccc1Oc1ncc(C(F)(F)F)cc1Cl. The molecule has 2 aromatic carbocycles. The van der Waals surface area contributed by atoms with Gasteiger partial charge >= 0.3 is 16.5 Å². The van der Waals surface area contributed by atoms with Crippen molar-refractivity contribution in [1.82, 2.24) is 9.71 Å². The van der Waals surface area contributed by atoms with Crippen LogP contribution >= 0.6 is 34.8 Å². The van der Waals surface area contributed by atoms with Crippen LogP contribution in [-0.4, -0.2) is 13.4 Å². The van der Waals surface area contributed by atoms with Crippen LogP contribution < -0.4 is 13.6 Å². The molecule has 0 fully saturated rings. The molecule has 0 aliphatic rings. The Hall–Kier alpha value is -2.24. The first-order valence-corrected chi connectivity index (χ1v) is 11.1. The van der Waals surface area contributed by atoms with E-state index in [0.29, 0.717) is 22.8 Å². The van der Waals surface area contributed by atoms with Crippen LogP contribution in [0.25, 0.3) is 0 Å². The smallest absolute Gasteiger partial charge is 0.417 e. The van der Waals surface area contributed by atoms with Gasteiger partial charge in [0.25, 0.3) is 0 Å². The van der Waals surface area contributed by atoms with E-state index in [0.717, 1.165) is 0 Å². The number of para-hydroxylation sites is 2. The minimum Gasteiger partial charge on any atom is -0.434 e. The van der Waals surface area contributed by atoms with Gasteiger partial charge in [0.05, 0.1) is 5.56 Å². The van der Waals surface area contributed by atoms with Crippen LogP contribution in [0, 0.1) is 0 Å². The summed E-state index contributed by atoms with van der Waals surface area (Å²) in [7, 11) is -4.33. The molecular weight excluding hydrogens is 516 g/mol. The third kappa shape index (κ3) is 6.39. The molecule has 1 heterocycles. The first kappa shape index (κ1) is 24.4. The number of nitrogens with zero attached hydrogens (tertiary/aromatic N) is 1. The molecule has 3 aromatic rings. The van der Waals surface area contributed by atoms with Crippen molar-refractivity contribution in [3.63, 3.8) is 0 Å². The van der Waals surface area contributed by atoms with Crippen LogP contribution in [0.5, 0.6) is 17.4 Å². The average Bonchev–Trinajstić information content (AvgIpc) is 2.69. The van der Waals surface area contributed by atoms with Crippen molar-refractivity contribution in [1.29, 1.82) is 0 Å². The number of nitrogens with one attached hydrogen (secondary N) is 1. The summed E-state index contributed by atoms with van der Waals surface area (Å²) in [6, 6.07) is 10.8. The van der Waals surface area contributed by atoms with E-state index in [1.807, 2.05) is 0 Å². The van der Waals surface area contributed by atoms with E-state index >= 15 is 0 Å². The van der Waals surface area contributed by atoms with Crippen molar-refractivity contribution in [2.24, 2.45) is 0 Å². The summed E-state index contributed by atoms with van der Waals surface area (Å²) in [5, 5.41) is 0.222. The third-order valence-electron chi connectivity index (χ3n) is 3.84. The summed E-state index contributed by atoms with van der Waals surface area (Å²) in [5.74, 6) is -0.759. The van der Waals surface area contributed by atoms with Crippen molar-refractivity contribution in [2.45, 2.75) is 12.7 Å². The van der Waals surface area contributed by atoms with Crippen molar-refractivity contribution in [3.8, 4) is 17.4 Å². The molecule has 170 valence electrons. The van der Waals surface area contributed by atoms with Gasteiger partial charge in [0.15, 0.2) is 11.5 Å². The molecule has 1 aromatic heterocycles. The highest BCUT2D eigenvalue weighted by Crippen LogP contribution is 2.37. The molecule has 0 saturated carbocycles. The topological polar surface area (TPSA) is 77.5 Å². The Morgan fingerprint density at radius 3 is 2.28 bits per heavy atom. The zero-order valence-corrected chi connectivity index (χ0v) is 18.7. The fourth-order valence-corrected chi connectivity index (χ4v) is 3.79. The molecule has 3 rings (SSSR count). The zero-order chi connectivity index (χ0) is 23.5. The number of aromatic nitrogens is 1. The fraction of sp³-hybridized carbons (Fsp3) is 0.105. The second kappa shape index (κ2) is 9.72. The number of rotatable bonds is 7. The molecule has 0 bridgehead atoms. The predicted octanol–water partition coefficient (Wildman–Crippen LogP) is 6.27. The molecule has 1 N–H and O–H groups in total. The number of hydrogen-bond acceptors (Lipinski definition) is 5. The second-order valence-electron chi connectivity index (χ2n) is 6.15. The van der Waals surface area contributed by atoms with Gasteiger partial charge < -0.3 is 8.92 Å². The van der Waals surface area contributed by atoms with E-state index in [1.54, 1.807) is 12.1 Å². The molecule has 0 radical (unpaired) electrons. The van der Waals surface area contributed by atoms with E-state index in [2.05, 4.69) is 9.71 Å². The second-order valence-corrected chi connectivity index (χ2v) is 8.77. The Kier molecular flexibility index (Phi) is 7.41. The molecule has 0 aliphatic heterocycles. The monoisotopic (exact) mass is 526 g/mol. The highest BCUT2D eigenvalue weighted by atomic mass is 35.5. The minimum atomic E-state index is -4.64. The molecule has 0 saturated heterocycles. The Bertz CT molecular complexity index is 1240. The number of hydrogen-bond donors (Lipinski definition) is 1. The molecule has 13 heteroatoms. The fourth-order valence-electron chi connectivity index (χ4n) is 2.34. The maximum atomic E-state index is 12.8. The molecule has 6 nitrogen and oxygen atoms in total. The van der Waals surface area contributed by atoms with Crippen LogP contribution in [0.15, 0.2) is 54.7 Å².